The molecule has 106 valence electrons. The van der Waals surface area contributed by atoms with Crippen LogP contribution in [-0.2, 0) is 4.74 Å². The third kappa shape index (κ3) is 2.32. The van der Waals surface area contributed by atoms with Crippen LogP contribution in [0.5, 0.6) is 0 Å². The first kappa shape index (κ1) is 13.9. The molecule has 2 aromatic rings. The van der Waals surface area contributed by atoms with Crippen molar-refractivity contribution in [2.24, 2.45) is 5.92 Å². The van der Waals surface area contributed by atoms with Crippen LogP contribution in [0.3, 0.4) is 0 Å². The molecule has 1 N–H and O–H groups in total. The molecule has 0 saturated carbocycles. The van der Waals surface area contributed by atoms with Crippen LogP contribution in [-0.4, -0.2) is 19.8 Å². The highest BCUT2D eigenvalue weighted by molar-refractivity contribution is 6.35. The van der Waals surface area contributed by atoms with Crippen molar-refractivity contribution in [3.05, 3.63) is 47.0 Å². The normalized spacial score (nSPS) is 24.1. The first-order chi connectivity index (χ1) is 9.72. The second kappa shape index (κ2) is 5.72. The maximum atomic E-state index is 6.32. The van der Waals surface area contributed by atoms with Gasteiger partial charge in [-0.1, -0.05) is 41.9 Å². The van der Waals surface area contributed by atoms with Crippen LogP contribution in [0, 0.1) is 5.92 Å². The maximum Gasteiger partial charge on any atom is 0.0594 e. The van der Waals surface area contributed by atoms with E-state index in [0.29, 0.717) is 18.1 Å². The second-order valence-corrected chi connectivity index (χ2v) is 5.88. The van der Waals surface area contributed by atoms with Crippen molar-refractivity contribution >= 4 is 22.4 Å². The Balaban J connectivity index is 2.10. The molecule has 0 spiro atoms. The number of hydrogen-bond donors (Lipinski definition) is 1. The van der Waals surface area contributed by atoms with Crippen molar-refractivity contribution in [2.45, 2.75) is 25.5 Å². The van der Waals surface area contributed by atoms with Crippen LogP contribution in [0.1, 0.15) is 24.9 Å². The maximum absolute atomic E-state index is 6.32. The molecule has 0 bridgehead atoms. The molecule has 1 saturated heterocycles. The number of benzene rings is 2. The van der Waals surface area contributed by atoms with E-state index in [0.717, 1.165) is 23.4 Å². The van der Waals surface area contributed by atoms with Gasteiger partial charge in [0.15, 0.2) is 0 Å². The SMILES string of the molecule is CNC(c1ccc(Cl)c2ccccc12)C1CCOC1C. The lowest BCUT2D eigenvalue weighted by atomic mass is 9.86. The van der Waals surface area contributed by atoms with Crippen molar-refractivity contribution in [1.82, 2.24) is 5.32 Å². The smallest absolute Gasteiger partial charge is 0.0594 e. The summed E-state index contributed by atoms with van der Waals surface area (Å²) in [6, 6.07) is 12.8. The third-order valence-electron chi connectivity index (χ3n) is 4.41. The Morgan fingerprint density at radius 2 is 1.95 bits per heavy atom. The number of rotatable bonds is 3. The number of nitrogens with one attached hydrogen (secondary N) is 1. The highest BCUT2D eigenvalue weighted by Gasteiger charge is 2.32. The Kier molecular flexibility index (Phi) is 3.97. The summed E-state index contributed by atoms with van der Waals surface area (Å²) in [5, 5.41) is 6.65. The molecular formula is C17H20ClNO. The van der Waals surface area contributed by atoms with Gasteiger partial charge >= 0.3 is 0 Å². The molecular weight excluding hydrogens is 270 g/mol. The molecule has 2 aromatic carbocycles. The Hall–Kier alpha value is -1.09. The van der Waals surface area contributed by atoms with Gasteiger partial charge in [-0.2, -0.15) is 0 Å². The summed E-state index contributed by atoms with van der Waals surface area (Å²) >= 11 is 6.32. The predicted octanol–water partition coefficient (Wildman–Crippen LogP) is 4.18. The molecule has 0 amide bonds. The Morgan fingerprint density at radius 3 is 2.60 bits per heavy atom. The van der Waals surface area contributed by atoms with Gasteiger partial charge in [-0.05, 0) is 37.4 Å². The van der Waals surface area contributed by atoms with Gasteiger partial charge < -0.3 is 10.1 Å². The van der Waals surface area contributed by atoms with E-state index in [4.69, 9.17) is 16.3 Å². The lowest BCUT2D eigenvalue weighted by molar-refractivity contribution is 0.0964. The summed E-state index contributed by atoms with van der Waals surface area (Å²) < 4.78 is 5.74. The van der Waals surface area contributed by atoms with Gasteiger partial charge in [0.05, 0.1) is 6.10 Å². The van der Waals surface area contributed by atoms with Gasteiger partial charge in [-0.25, -0.2) is 0 Å². The van der Waals surface area contributed by atoms with Crippen LogP contribution in [0.15, 0.2) is 36.4 Å². The van der Waals surface area contributed by atoms with Gasteiger partial charge in [0.25, 0.3) is 0 Å². The molecule has 3 atom stereocenters. The Labute approximate surface area is 125 Å². The number of ether oxygens (including phenoxy) is 1. The standard InChI is InChI=1S/C17H20ClNO/c1-11-12(9-10-20-11)17(19-2)15-7-8-16(18)14-6-4-3-5-13(14)15/h3-8,11-12,17,19H,9-10H2,1-2H3. The summed E-state index contributed by atoms with van der Waals surface area (Å²) in [4.78, 5) is 0. The zero-order valence-electron chi connectivity index (χ0n) is 11.9. The van der Waals surface area contributed by atoms with E-state index in [2.05, 4.69) is 36.5 Å². The van der Waals surface area contributed by atoms with Crippen molar-refractivity contribution in [3.8, 4) is 0 Å². The van der Waals surface area contributed by atoms with Crippen LogP contribution in [0.2, 0.25) is 5.02 Å². The van der Waals surface area contributed by atoms with E-state index in [-0.39, 0.29) is 0 Å². The first-order valence-electron chi connectivity index (χ1n) is 7.18. The molecule has 1 heterocycles. The average Bonchev–Trinajstić information content (AvgIpc) is 2.89. The minimum absolute atomic E-state index is 0.293. The molecule has 1 fully saturated rings. The summed E-state index contributed by atoms with van der Waals surface area (Å²) in [6.45, 7) is 3.02. The number of halogens is 1. The molecule has 0 radical (unpaired) electrons. The van der Waals surface area contributed by atoms with Crippen molar-refractivity contribution in [3.63, 3.8) is 0 Å². The van der Waals surface area contributed by atoms with E-state index in [9.17, 15) is 0 Å². The van der Waals surface area contributed by atoms with Gasteiger partial charge in [-0.3, -0.25) is 0 Å². The van der Waals surface area contributed by atoms with Gasteiger partial charge in [0.2, 0.25) is 0 Å². The molecule has 1 aliphatic heterocycles. The highest BCUT2D eigenvalue weighted by atomic mass is 35.5. The summed E-state index contributed by atoms with van der Waals surface area (Å²) in [7, 11) is 2.03. The monoisotopic (exact) mass is 289 g/mol. The van der Waals surface area contributed by atoms with Gasteiger partial charge in [0.1, 0.15) is 0 Å². The van der Waals surface area contributed by atoms with E-state index in [1.807, 2.05) is 19.2 Å². The summed E-state index contributed by atoms with van der Waals surface area (Å²) in [6.07, 6.45) is 1.39. The Bertz CT molecular complexity index is 613. The van der Waals surface area contributed by atoms with E-state index < -0.39 is 0 Å². The molecule has 3 heteroatoms. The van der Waals surface area contributed by atoms with Crippen LogP contribution in [0.25, 0.3) is 10.8 Å². The van der Waals surface area contributed by atoms with Crippen LogP contribution in [0.4, 0.5) is 0 Å². The zero-order valence-corrected chi connectivity index (χ0v) is 12.7. The number of hydrogen-bond acceptors (Lipinski definition) is 2. The molecule has 3 unspecified atom stereocenters. The second-order valence-electron chi connectivity index (χ2n) is 5.48. The zero-order chi connectivity index (χ0) is 14.1. The molecule has 0 aliphatic carbocycles. The van der Waals surface area contributed by atoms with Crippen molar-refractivity contribution in [2.75, 3.05) is 13.7 Å². The summed E-state index contributed by atoms with van der Waals surface area (Å²) in [5.41, 5.74) is 1.31. The highest BCUT2D eigenvalue weighted by Crippen LogP contribution is 2.37. The van der Waals surface area contributed by atoms with E-state index in [1.54, 1.807) is 0 Å². The quantitative estimate of drug-likeness (QED) is 0.915. The lowest BCUT2D eigenvalue weighted by Gasteiger charge is -2.27. The molecule has 3 rings (SSSR count). The summed E-state index contributed by atoms with van der Waals surface area (Å²) in [5.74, 6) is 0.504. The predicted molar refractivity (Wildman–Crippen MR) is 84.3 cm³/mol. The minimum Gasteiger partial charge on any atom is -0.378 e. The average molecular weight is 290 g/mol. The molecule has 1 aliphatic rings. The molecule has 0 aromatic heterocycles. The van der Waals surface area contributed by atoms with Gasteiger partial charge in [0, 0.05) is 29.0 Å². The van der Waals surface area contributed by atoms with Crippen LogP contribution >= 0.6 is 11.6 Å². The van der Waals surface area contributed by atoms with Crippen LogP contribution < -0.4 is 5.32 Å². The minimum atomic E-state index is 0.293. The van der Waals surface area contributed by atoms with Crippen molar-refractivity contribution in [1.29, 1.82) is 0 Å². The fraction of sp³-hybridized carbons (Fsp3) is 0.412. The Morgan fingerprint density at radius 1 is 1.20 bits per heavy atom. The van der Waals surface area contributed by atoms with Gasteiger partial charge in [-0.15, -0.1) is 0 Å². The molecule has 20 heavy (non-hydrogen) atoms. The number of fused-ring (bicyclic) bond motifs is 1. The van der Waals surface area contributed by atoms with Crippen molar-refractivity contribution < 1.29 is 4.74 Å². The first-order valence-corrected chi connectivity index (χ1v) is 7.56. The molecule has 2 nitrogen and oxygen atoms in total. The van der Waals surface area contributed by atoms with E-state index >= 15 is 0 Å². The lowest BCUT2D eigenvalue weighted by Crippen LogP contribution is -2.29. The van der Waals surface area contributed by atoms with E-state index in [1.165, 1.54) is 10.9 Å². The largest absolute Gasteiger partial charge is 0.378 e. The fourth-order valence-electron chi connectivity index (χ4n) is 3.34. The third-order valence-corrected chi connectivity index (χ3v) is 4.74. The topological polar surface area (TPSA) is 21.3 Å². The fourth-order valence-corrected chi connectivity index (χ4v) is 3.57.